The lowest BCUT2D eigenvalue weighted by Gasteiger charge is -2.26. The van der Waals surface area contributed by atoms with Crippen LogP contribution < -0.4 is 5.32 Å². The van der Waals surface area contributed by atoms with Crippen molar-refractivity contribution in [1.82, 2.24) is 10.3 Å². The van der Waals surface area contributed by atoms with E-state index in [4.69, 9.17) is 9.47 Å². The lowest BCUT2D eigenvalue weighted by atomic mass is 9.92. The van der Waals surface area contributed by atoms with E-state index in [1.165, 1.54) is 17.7 Å². The van der Waals surface area contributed by atoms with Gasteiger partial charge in [0.05, 0.1) is 5.69 Å². The summed E-state index contributed by atoms with van der Waals surface area (Å²) < 4.78 is 10.3. The number of aryl methyl sites for hydroxylation is 1. The summed E-state index contributed by atoms with van der Waals surface area (Å²) in [7, 11) is 3.31. The molecule has 0 amide bonds. The number of rotatable bonds is 5. The predicted octanol–water partition coefficient (Wildman–Crippen LogP) is 1.67. The zero-order valence-corrected chi connectivity index (χ0v) is 10.5. The topological polar surface area (TPSA) is 43.4 Å². The third-order valence-electron chi connectivity index (χ3n) is 3.25. The molecule has 1 heterocycles. The maximum Gasteiger partial charge on any atom is 0.169 e. The Morgan fingerprint density at radius 2 is 2.29 bits per heavy atom. The highest BCUT2D eigenvalue weighted by Crippen LogP contribution is 2.27. The van der Waals surface area contributed by atoms with Crippen LogP contribution in [0.1, 0.15) is 30.1 Å². The number of pyridine rings is 1. The molecule has 4 heteroatoms. The summed E-state index contributed by atoms with van der Waals surface area (Å²) in [4.78, 5) is 4.49. The number of methoxy groups -OCH3 is 2. The zero-order chi connectivity index (χ0) is 12.1. The zero-order valence-electron chi connectivity index (χ0n) is 10.5. The molecule has 17 heavy (non-hydrogen) atoms. The van der Waals surface area contributed by atoms with Gasteiger partial charge >= 0.3 is 0 Å². The molecule has 1 aliphatic rings. The molecular formula is C13H20N2O2. The van der Waals surface area contributed by atoms with Crippen molar-refractivity contribution >= 4 is 0 Å². The first kappa shape index (κ1) is 12.5. The van der Waals surface area contributed by atoms with Gasteiger partial charge in [-0.3, -0.25) is 4.98 Å². The second-order valence-corrected chi connectivity index (χ2v) is 4.30. The second kappa shape index (κ2) is 6.10. The first-order valence-electron chi connectivity index (χ1n) is 6.08. The molecule has 0 radical (unpaired) electrons. The molecule has 0 fully saturated rings. The molecule has 0 saturated carbocycles. The standard InChI is InChI=1S/C13H20N2O2/c1-16-12(17-2)9-15-11-7-3-5-10-6-4-8-14-13(10)11/h4,6,8,11-12,15H,3,5,7,9H2,1-2H3. The molecule has 1 aliphatic carbocycles. The van der Waals surface area contributed by atoms with Gasteiger partial charge < -0.3 is 14.8 Å². The number of hydrogen-bond donors (Lipinski definition) is 1. The number of fused-ring (bicyclic) bond motifs is 1. The molecule has 1 aromatic rings. The fourth-order valence-electron chi connectivity index (χ4n) is 2.31. The Bertz CT molecular complexity index is 353. The Balaban J connectivity index is 1.99. The molecule has 4 nitrogen and oxygen atoms in total. The quantitative estimate of drug-likeness (QED) is 0.790. The molecule has 1 atom stereocenters. The van der Waals surface area contributed by atoms with Crippen LogP contribution in [0, 0.1) is 0 Å². The third kappa shape index (κ3) is 3.03. The Hall–Kier alpha value is -0.970. The molecule has 2 rings (SSSR count). The van der Waals surface area contributed by atoms with E-state index in [-0.39, 0.29) is 6.29 Å². The van der Waals surface area contributed by atoms with Gasteiger partial charge in [-0.25, -0.2) is 0 Å². The van der Waals surface area contributed by atoms with E-state index < -0.39 is 0 Å². The van der Waals surface area contributed by atoms with Crippen molar-refractivity contribution < 1.29 is 9.47 Å². The monoisotopic (exact) mass is 236 g/mol. The summed E-state index contributed by atoms with van der Waals surface area (Å²) in [6, 6.07) is 4.50. The Morgan fingerprint density at radius 3 is 3.06 bits per heavy atom. The van der Waals surface area contributed by atoms with Gasteiger partial charge in [0, 0.05) is 33.0 Å². The number of ether oxygens (including phenoxy) is 2. The number of aromatic nitrogens is 1. The SMILES string of the molecule is COC(CNC1CCCc2cccnc21)OC. The maximum absolute atomic E-state index is 5.17. The fraction of sp³-hybridized carbons (Fsp3) is 0.615. The fourth-order valence-corrected chi connectivity index (χ4v) is 2.31. The van der Waals surface area contributed by atoms with Crippen molar-refractivity contribution in [1.29, 1.82) is 0 Å². The van der Waals surface area contributed by atoms with E-state index in [1.54, 1.807) is 14.2 Å². The molecule has 0 saturated heterocycles. The van der Waals surface area contributed by atoms with Crippen LogP contribution in [-0.4, -0.2) is 32.0 Å². The molecular weight excluding hydrogens is 216 g/mol. The highest BCUT2D eigenvalue weighted by molar-refractivity contribution is 5.25. The molecule has 1 aromatic heterocycles. The molecule has 1 N–H and O–H groups in total. The number of hydrogen-bond acceptors (Lipinski definition) is 4. The highest BCUT2D eigenvalue weighted by Gasteiger charge is 2.21. The molecule has 0 spiro atoms. The van der Waals surface area contributed by atoms with Crippen molar-refractivity contribution in [3.05, 3.63) is 29.6 Å². The van der Waals surface area contributed by atoms with E-state index in [1.807, 2.05) is 12.3 Å². The smallest absolute Gasteiger partial charge is 0.169 e. The van der Waals surface area contributed by atoms with Gasteiger partial charge in [-0.15, -0.1) is 0 Å². The summed E-state index contributed by atoms with van der Waals surface area (Å²) in [6.07, 6.45) is 5.15. The van der Waals surface area contributed by atoms with Crippen LogP contribution >= 0.6 is 0 Å². The van der Waals surface area contributed by atoms with Gasteiger partial charge in [-0.05, 0) is 30.9 Å². The molecule has 94 valence electrons. The van der Waals surface area contributed by atoms with Crippen molar-refractivity contribution in [3.63, 3.8) is 0 Å². The average Bonchev–Trinajstić information content (AvgIpc) is 2.40. The minimum absolute atomic E-state index is 0.191. The largest absolute Gasteiger partial charge is 0.355 e. The maximum atomic E-state index is 5.17. The summed E-state index contributed by atoms with van der Waals surface area (Å²) >= 11 is 0. The van der Waals surface area contributed by atoms with Gasteiger partial charge in [-0.2, -0.15) is 0 Å². The normalized spacial score (nSPS) is 19.4. The molecule has 0 aromatic carbocycles. The average molecular weight is 236 g/mol. The van der Waals surface area contributed by atoms with E-state index in [9.17, 15) is 0 Å². The van der Waals surface area contributed by atoms with E-state index in [2.05, 4.69) is 16.4 Å². The number of nitrogens with one attached hydrogen (secondary N) is 1. The Kier molecular flexibility index (Phi) is 4.48. The summed E-state index contributed by atoms with van der Waals surface area (Å²) in [5.41, 5.74) is 2.55. The first-order chi connectivity index (χ1) is 8.35. The van der Waals surface area contributed by atoms with Crippen LogP contribution in [0.25, 0.3) is 0 Å². The van der Waals surface area contributed by atoms with Crippen LogP contribution in [-0.2, 0) is 15.9 Å². The van der Waals surface area contributed by atoms with Gasteiger partial charge in [0.25, 0.3) is 0 Å². The predicted molar refractivity (Wildman–Crippen MR) is 65.7 cm³/mol. The van der Waals surface area contributed by atoms with E-state index in [0.717, 1.165) is 12.8 Å². The first-order valence-corrected chi connectivity index (χ1v) is 6.08. The van der Waals surface area contributed by atoms with Crippen molar-refractivity contribution in [2.24, 2.45) is 0 Å². The lowest BCUT2D eigenvalue weighted by Crippen LogP contribution is -2.34. The third-order valence-corrected chi connectivity index (χ3v) is 3.25. The minimum Gasteiger partial charge on any atom is -0.355 e. The van der Waals surface area contributed by atoms with Crippen LogP contribution in [0.4, 0.5) is 0 Å². The van der Waals surface area contributed by atoms with Crippen LogP contribution in [0.3, 0.4) is 0 Å². The minimum atomic E-state index is -0.191. The summed E-state index contributed by atoms with van der Waals surface area (Å²) in [6.45, 7) is 0.688. The van der Waals surface area contributed by atoms with Crippen LogP contribution in [0.5, 0.6) is 0 Å². The molecule has 0 bridgehead atoms. The Morgan fingerprint density at radius 1 is 1.47 bits per heavy atom. The number of nitrogens with zero attached hydrogens (tertiary/aromatic N) is 1. The van der Waals surface area contributed by atoms with Gasteiger partial charge in [-0.1, -0.05) is 6.07 Å². The lowest BCUT2D eigenvalue weighted by molar-refractivity contribution is -0.100. The van der Waals surface area contributed by atoms with Crippen molar-refractivity contribution in [2.75, 3.05) is 20.8 Å². The van der Waals surface area contributed by atoms with Crippen molar-refractivity contribution in [3.8, 4) is 0 Å². The second-order valence-electron chi connectivity index (χ2n) is 4.30. The molecule has 1 unspecified atom stereocenters. The van der Waals surface area contributed by atoms with Gasteiger partial charge in [0.2, 0.25) is 0 Å². The van der Waals surface area contributed by atoms with E-state index in [0.29, 0.717) is 12.6 Å². The molecule has 0 aliphatic heterocycles. The summed E-state index contributed by atoms with van der Waals surface area (Å²) in [5, 5.41) is 3.47. The van der Waals surface area contributed by atoms with Gasteiger partial charge in [0.1, 0.15) is 0 Å². The Labute approximate surface area is 102 Å². The van der Waals surface area contributed by atoms with Crippen LogP contribution in [0.15, 0.2) is 18.3 Å². The summed E-state index contributed by atoms with van der Waals surface area (Å²) in [5.74, 6) is 0. The van der Waals surface area contributed by atoms with E-state index >= 15 is 0 Å². The van der Waals surface area contributed by atoms with Crippen LogP contribution in [0.2, 0.25) is 0 Å². The highest BCUT2D eigenvalue weighted by atomic mass is 16.7. The van der Waals surface area contributed by atoms with Crippen molar-refractivity contribution in [2.45, 2.75) is 31.6 Å². The van der Waals surface area contributed by atoms with Gasteiger partial charge in [0.15, 0.2) is 6.29 Å².